The van der Waals surface area contributed by atoms with Gasteiger partial charge in [0.15, 0.2) is 11.2 Å². The second kappa shape index (κ2) is 11.6. The van der Waals surface area contributed by atoms with E-state index in [0.29, 0.717) is 56.0 Å². The van der Waals surface area contributed by atoms with Crippen molar-refractivity contribution in [2.24, 2.45) is 0 Å². The first-order chi connectivity index (χ1) is 26.2. The van der Waals surface area contributed by atoms with E-state index in [4.69, 9.17) is 27.9 Å². The van der Waals surface area contributed by atoms with Crippen LogP contribution in [0.25, 0.3) is 83.3 Å². The standard InChI is InChI=1S/C46H42N4O2/c1-25(2)31-22-29(28-14-10-9-11-15-28)23-32(26(3)4)42(31)50-36-17-13-12-16-35(36)48-44(50)30-19-18-27(5)39-41-38(51-43(30)39)24-33-34(47-41)20-21-37-40(33)49-45(52-37)46(6,7)8/h9-26H,1-8H3/i5D3. The molecule has 258 valence electrons. The molecule has 0 saturated heterocycles. The number of rotatable bonds is 5. The van der Waals surface area contributed by atoms with Crippen molar-refractivity contribution in [2.45, 2.75) is 72.6 Å². The highest BCUT2D eigenvalue weighted by atomic mass is 16.3. The molecule has 0 unspecified atom stereocenters. The summed E-state index contributed by atoms with van der Waals surface area (Å²) in [6.45, 7) is 12.7. The number of benzene rings is 5. The van der Waals surface area contributed by atoms with Crippen molar-refractivity contribution in [3.05, 3.63) is 120 Å². The average molecular weight is 686 g/mol. The summed E-state index contributed by atoms with van der Waals surface area (Å²) in [5.41, 5.74) is 11.5. The molecule has 0 amide bonds. The fourth-order valence-corrected chi connectivity index (χ4v) is 7.45. The highest BCUT2D eigenvalue weighted by Gasteiger charge is 2.27. The highest BCUT2D eigenvalue weighted by Crippen LogP contribution is 2.44. The molecule has 0 aliphatic heterocycles. The minimum Gasteiger partial charge on any atom is -0.454 e. The van der Waals surface area contributed by atoms with E-state index in [1.807, 2.05) is 48.5 Å². The SMILES string of the molecule is [2H]C([2H])([2H])c1ccc(-c2nc3ccccc3n2-c2c(C(C)C)cc(-c3ccccc3)cc2C(C)C)c2oc3cc4c(ccc5oc(C(C)(C)C)nc54)nc3c12. The largest absolute Gasteiger partial charge is 0.454 e. The molecule has 0 N–H and O–H groups in total. The quantitative estimate of drug-likeness (QED) is 0.180. The number of oxazole rings is 1. The molecule has 0 radical (unpaired) electrons. The van der Waals surface area contributed by atoms with Crippen molar-refractivity contribution < 1.29 is 12.9 Å². The third-order valence-corrected chi connectivity index (χ3v) is 10.1. The minimum atomic E-state index is -2.43. The number of para-hydroxylation sites is 2. The molecule has 4 aromatic heterocycles. The van der Waals surface area contributed by atoms with Crippen LogP contribution < -0.4 is 0 Å². The summed E-state index contributed by atoms with van der Waals surface area (Å²) in [6.07, 6.45) is 0. The molecule has 0 fully saturated rings. The molecule has 6 nitrogen and oxygen atoms in total. The van der Waals surface area contributed by atoms with Crippen LogP contribution in [0.1, 0.15) is 87.0 Å². The van der Waals surface area contributed by atoms with Gasteiger partial charge in [-0.05, 0) is 95.0 Å². The van der Waals surface area contributed by atoms with Gasteiger partial charge in [-0.2, -0.15) is 0 Å². The Balaban J connectivity index is 1.38. The van der Waals surface area contributed by atoms with E-state index in [-0.39, 0.29) is 22.8 Å². The summed E-state index contributed by atoms with van der Waals surface area (Å²) >= 11 is 0. The molecule has 5 aromatic carbocycles. The zero-order chi connectivity index (χ0) is 38.6. The first kappa shape index (κ1) is 28.9. The van der Waals surface area contributed by atoms with Gasteiger partial charge in [-0.1, -0.05) is 97.0 Å². The van der Waals surface area contributed by atoms with Crippen LogP contribution in [0.2, 0.25) is 0 Å². The van der Waals surface area contributed by atoms with E-state index >= 15 is 0 Å². The number of aromatic nitrogens is 4. The number of hydrogen-bond acceptors (Lipinski definition) is 5. The normalized spacial score (nSPS) is 13.7. The van der Waals surface area contributed by atoms with E-state index < -0.39 is 6.85 Å². The maximum Gasteiger partial charge on any atom is 0.200 e. The van der Waals surface area contributed by atoms with Gasteiger partial charge in [0, 0.05) is 14.9 Å². The topological polar surface area (TPSA) is 69.9 Å². The van der Waals surface area contributed by atoms with E-state index in [9.17, 15) is 0 Å². The zero-order valence-electron chi connectivity index (χ0n) is 33.5. The summed E-state index contributed by atoms with van der Waals surface area (Å²) in [7, 11) is 0. The molecule has 0 spiro atoms. The number of nitrogens with zero attached hydrogens (tertiary/aromatic N) is 4. The Morgan fingerprint density at radius 3 is 2.12 bits per heavy atom. The molecule has 52 heavy (non-hydrogen) atoms. The summed E-state index contributed by atoms with van der Waals surface area (Å²) in [5.74, 6) is 1.65. The van der Waals surface area contributed by atoms with Crippen LogP contribution in [0.4, 0.5) is 0 Å². The lowest BCUT2D eigenvalue weighted by atomic mass is 9.88. The third kappa shape index (κ3) is 4.95. The van der Waals surface area contributed by atoms with Crippen molar-refractivity contribution >= 4 is 55.1 Å². The maximum absolute atomic E-state index is 8.60. The van der Waals surface area contributed by atoms with Gasteiger partial charge in [0.2, 0.25) is 5.89 Å². The molecular formula is C46H42N4O2. The number of hydrogen-bond donors (Lipinski definition) is 0. The van der Waals surface area contributed by atoms with Crippen molar-refractivity contribution in [2.75, 3.05) is 0 Å². The van der Waals surface area contributed by atoms with Crippen LogP contribution in [0, 0.1) is 6.85 Å². The van der Waals surface area contributed by atoms with Crippen LogP contribution in [0.3, 0.4) is 0 Å². The Hall–Kier alpha value is -5.75. The Morgan fingerprint density at radius 1 is 0.673 bits per heavy atom. The van der Waals surface area contributed by atoms with Gasteiger partial charge in [-0.25, -0.2) is 15.0 Å². The third-order valence-electron chi connectivity index (χ3n) is 10.1. The second-order valence-electron chi connectivity index (χ2n) is 15.5. The Labute approximate surface area is 307 Å². The number of furan rings is 1. The first-order valence-electron chi connectivity index (χ1n) is 19.5. The van der Waals surface area contributed by atoms with Gasteiger partial charge in [0.05, 0.1) is 33.2 Å². The van der Waals surface area contributed by atoms with Crippen LogP contribution >= 0.6 is 0 Å². The fraction of sp³-hybridized carbons (Fsp3) is 0.239. The molecule has 0 saturated carbocycles. The Kier molecular flexibility index (Phi) is 6.47. The second-order valence-corrected chi connectivity index (χ2v) is 15.5. The van der Waals surface area contributed by atoms with Gasteiger partial charge < -0.3 is 8.83 Å². The monoisotopic (exact) mass is 685 g/mol. The van der Waals surface area contributed by atoms with Crippen molar-refractivity contribution in [1.29, 1.82) is 0 Å². The smallest absolute Gasteiger partial charge is 0.200 e. The predicted molar refractivity (Wildman–Crippen MR) is 214 cm³/mol. The zero-order valence-corrected chi connectivity index (χ0v) is 30.5. The minimum absolute atomic E-state index is 0.176. The fourth-order valence-electron chi connectivity index (χ4n) is 7.45. The van der Waals surface area contributed by atoms with Gasteiger partial charge in [0.1, 0.15) is 22.4 Å². The van der Waals surface area contributed by atoms with Crippen LogP contribution in [-0.4, -0.2) is 19.5 Å². The maximum atomic E-state index is 8.60. The summed E-state index contributed by atoms with van der Waals surface area (Å²) in [4.78, 5) is 15.3. The molecule has 4 heterocycles. The van der Waals surface area contributed by atoms with E-state index in [2.05, 4.69) is 95.5 Å². The van der Waals surface area contributed by atoms with Gasteiger partial charge in [-0.3, -0.25) is 4.57 Å². The number of imidazole rings is 1. The van der Waals surface area contributed by atoms with Crippen molar-refractivity contribution in [1.82, 2.24) is 19.5 Å². The molecule has 0 atom stereocenters. The van der Waals surface area contributed by atoms with E-state index in [1.165, 1.54) is 16.7 Å². The summed E-state index contributed by atoms with van der Waals surface area (Å²) in [6, 6.07) is 32.5. The Morgan fingerprint density at radius 2 is 1.40 bits per heavy atom. The van der Waals surface area contributed by atoms with Crippen LogP contribution in [0.5, 0.6) is 0 Å². The number of aryl methyl sites for hydroxylation is 1. The molecule has 0 bridgehead atoms. The van der Waals surface area contributed by atoms with E-state index in [1.54, 1.807) is 6.07 Å². The van der Waals surface area contributed by atoms with Crippen molar-refractivity contribution in [3.8, 4) is 28.2 Å². The van der Waals surface area contributed by atoms with Crippen molar-refractivity contribution in [3.63, 3.8) is 0 Å². The molecule has 6 heteroatoms. The predicted octanol–water partition coefficient (Wildman–Crippen LogP) is 12.8. The van der Waals surface area contributed by atoms with Gasteiger partial charge in [-0.15, -0.1) is 0 Å². The Bertz CT molecular complexity index is 2930. The van der Waals surface area contributed by atoms with Crippen LogP contribution in [-0.2, 0) is 5.41 Å². The summed E-state index contributed by atoms with van der Waals surface area (Å²) in [5, 5.41) is 1.23. The molecule has 0 aliphatic rings. The molecule has 9 rings (SSSR count). The summed E-state index contributed by atoms with van der Waals surface area (Å²) < 4.78 is 41.0. The van der Waals surface area contributed by atoms with Gasteiger partial charge >= 0.3 is 0 Å². The first-order valence-corrected chi connectivity index (χ1v) is 18.0. The molecule has 9 aromatic rings. The molecule has 0 aliphatic carbocycles. The van der Waals surface area contributed by atoms with Crippen LogP contribution in [0.15, 0.2) is 106 Å². The lowest BCUT2D eigenvalue weighted by Gasteiger charge is -2.24. The molecular weight excluding hydrogens is 641 g/mol. The number of fused-ring (bicyclic) bond motifs is 7. The highest BCUT2D eigenvalue weighted by molar-refractivity contribution is 6.14. The van der Waals surface area contributed by atoms with Gasteiger partial charge in [0.25, 0.3) is 0 Å². The lowest BCUT2D eigenvalue weighted by Crippen LogP contribution is -2.10. The number of pyridine rings is 1. The lowest BCUT2D eigenvalue weighted by molar-refractivity contribution is 0.411. The average Bonchev–Trinajstić information content (AvgIpc) is 3.87. The van der Waals surface area contributed by atoms with E-state index in [0.717, 1.165) is 27.7 Å².